The van der Waals surface area contributed by atoms with Gasteiger partial charge in [-0.1, -0.05) is 72.8 Å². The van der Waals surface area contributed by atoms with Gasteiger partial charge < -0.3 is 9.47 Å². The molecule has 0 amide bonds. The molecule has 0 aliphatic heterocycles. The summed E-state index contributed by atoms with van der Waals surface area (Å²) in [6, 6.07) is 18.6. The van der Waals surface area contributed by atoms with Gasteiger partial charge in [-0.2, -0.15) is 0 Å². The standard InChI is InChI=1S/C20H20O4/c1-2-9-18(19(21)23-14-16-10-5-3-6-11-16)20(22)24-15-17-12-7-4-8-13-17/h2-13,18H,14-15H2,1H3. The Hall–Kier alpha value is -2.88. The number of benzene rings is 2. The molecule has 0 unspecified atom stereocenters. The molecule has 0 aromatic heterocycles. The maximum atomic E-state index is 12.2. The van der Waals surface area contributed by atoms with E-state index in [1.165, 1.54) is 6.08 Å². The van der Waals surface area contributed by atoms with Crippen molar-refractivity contribution in [3.8, 4) is 0 Å². The van der Waals surface area contributed by atoms with Gasteiger partial charge >= 0.3 is 11.9 Å². The molecule has 2 aromatic carbocycles. The molecule has 124 valence electrons. The first kappa shape index (κ1) is 17.5. The Balaban J connectivity index is 1.91. The van der Waals surface area contributed by atoms with Gasteiger partial charge in [0.1, 0.15) is 13.2 Å². The Morgan fingerprint density at radius 1 is 0.833 bits per heavy atom. The predicted molar refractivity (Wildman–Crippen MR) is 90.8 cm³/mol. The van der Waals surface area contributed by atoms with Gasteiger partial charge in [0.05, 0.1) is 0 Å². The first-order valence-corrected chi connectivity index (χ1v) is 7.74. The first-order valence-electron chi connectivity index (χ1n) is 7.74. The van der Waals surface area contributed by atoms with Crippen LogP contribution in [0.5, 0.6) is 0 Å². The van der Waals surface area contributed by atoms with Crippen LogP contribution in [-0.2, 0) is 32.3 Å². The molecule has 0 aliphatic rings. The molecule has 2 aromatic rings. The van der Waals surface area contributed by atoms with Gasteiger partial charge in [0, 0.05) is 0 Å². The van der Waals surface area contributed by atoms with Crippen LogP contribution >= 0.6 is 0 Å². The van der Waals surface area contributed by atoms with Crippen molar-refractivity contribution in [2.24, 2.45) is 5.92 Å². The van der Waals surface area contributed by atoms with Crippen LogP contribution in [0, 0.1) is 5.92 Å². The minimum atomic E-state index is -1.05. The molecular formula is C20H20O4. The monoisotopic (exact) mass is 324 g/mol. The number of rotatable bonds is 7. The van der Waals surface area contributed by atoms with Gasteiger partial charge in [-0.25, -0.2) is 0 Å². The van der Waals surface area contributed by atoms with Crippen LogP contribution in [0.1, 0.15) is 18.1 Å². The van der Waals surface area contributed by atoms with Gasteiger partial charge in [-0.15, -0.1) is 0 Å². The Morgan fingerprint density at radius 3 is 1.62 bits per heavy atom. The summed E-state index contributed by atoms with van der Waals surface area (Å²) in [5.41, 5.74) is 1.73. The van der Waals surface area contributed by atoms with Crippen LogP contribution < -0.4 is 0 Å². The first-order chi connectivity index (χ1) is 11.7. The second kappa shape index (κ2) is 9.30. The van der Waals surface area contributed by atoms with Crippen LogP contribution in [0.25, 0.3) is 0 Å². The van der Waals surface area contributed by atoms with E-state index < -0.39 is 17.9 Å². The Labute approximate surface area is 141 Å². The maximum Gasteiger partial charge on any atom is 0.324 e. The van der Waals surface area contributed by atoms with Crippen LogP contribution in [0.15, 0.2) is 72.8 Å². The molecule has 0 radical (unpaired) electrons. The van der Waals surface area contributed by atoms with E-state index in [0.717, 1.165) is 11.1 Å². The summed E-state index contributed by atoms with van der Waals surface area (Å²) in [6.07, 6.45) is 3.12. The van der Waals surface area contributed by atoms with Crippen molar-refractivity contribution in [2.45, 2.75) is 20.1 Å². The third-order valence-electron chi connectivity index (χ3n) is 3.34. The number of carbonyl (C=O) groups excluding carboxylic acids is 2. The molecule has 24 heavy (non-hydrogen) atoms. The van der Waals surface area contributed by atoms with E-state index in [4.69, 9.17) is 9.47 Å². The topological polar surface area (TPSA) is 52.6 Å². The quantitative estimate of drug-likeness (QED) is 0.443. The van der Waals surface area contributed by atoms with E-state index in [-0.39, 0.29) is 13.2 Å². The lowest BCUT2D eigenvalue weighted by Crippen LogP contribution is -2.26. The van der Waals surface area contributed by atoms with Crippen LogP contribution in [0.2, 0.25) is 0 Å². The van der Waals surface area contributed by atoms with Gasteiger partial charge in [0.25, 0.3) is 0 Å². The average molecular weight is 324 g/mol. The Bertz CT molecular complexity index is 622. The number of carbonyl (C=O) groups is 2. The van der Waals surface area contributed by atoms with Crippen molar-refractivity contribution in [2.75, 3.05) is 0 Å². The molecule has 0 bridgehead atoms. The highest BCUT2D eigenvalue weighted by Gasteiger charge is 2.27. The number of esters is 2. The number of allylic oxidation sites excluding steroid dienone is 1. The van der Waals surface area contributed by atoms with Gasteiger partial charge in [0.15, 0.2) is 5.92 Å². The summed E-state index contributed by atoms with van der Waals surface area (Å²) in [5, 5.41) is 0. The van der Waals surface area contributed by atoms with Crippen molar-refractivity contribution in [1.82, 2.24) is 0 Å². The molecule has 0 N–H and O–H groups in total. The van der Waals surface area contributed by atoms with E-state index in [0.29, 0.717) is 0 Å². The molecule has 0 saturated heterocycles. The fraction of sp³-hybridized carbons (Fsp3) is 0.200. The second-order valence-electron chi connectivity index (χ2n) is 5.19. The molecule has 4 nitrogen and oxygen atoms in total. The van der Waals surface area contributed by atoms with Crippen LogP contribution in [0.4, 0.5) is 0 Å². The summed E-state index contributed by atoms with van der Waals surface area (Å²) >= 11 is 0. The van der Waals surface area contributed by atoms with E-state index >= 15 is 0 Å². The predicted octanol–water partition coefficient (Wildman–Crippen LogP) is 3.67. The average Bonchev–Trinajstić information content (AvgIpc) is 2.64. The molecular weight excluding hydrogens is 304 g/mol. The summed E-state index contributed by atoms with van der Waals surface area (Å²) in [7, 11) is 0. The number of ether oxygens (including phenoxy) is 2. The van der Waals surface area contributed by atoms with Crippen molar-refractivity contribution in [1.29, 1.82) is 0 Å². The van der Waals surface area contributed by atoms with Crippen molar-refractivity contribution in [3.05, 3.63) is 83.9 Å². The molecule has 0 aliphatic carbocycles. The normalized spacial score (nSPS) is 10.8. The molecule has 0 atom stereocenters. The summed E-state index contributed by atoms with van der Waals surface area (Å²) in [4.78, 5) is 24.4. The molecule has 2 rings (SSSR count). The molecule has 4 heteroatoms. The van der Waals surface area contributed by atoms with Crippen molar-refractivity contribution >= 4 is 11.9 Å². The fourth-order valence-electron chi connectivity index (χ4n) is 2.08. The summed E-state index contributed by atoms with van der Waals surface area (Å²) in [5.74, 6) is -2.28. The zero-order valence-electron chi connectivity index (χ0n) is 13.6. The number of hydrogen-bond donors (Lipinski definition) is 0. The largest absolute Gasteiger partial charge is 0.460 e. The van der Waals surface area contributed by atoms with Crippen molar-refractivity contribution in [3.63, 3.8) is 0 Å². The maximum absolute atomic E-state index is 12.2. The summed E-state index contributed by atoms with van der Waals surface area (Å²) in [6.45, 7) is 1.99. The highest BCUT2D eigenvalue weighted by atomic mass is 16.6. The SMILES string of the molecule is CC=CC(C(=O)OCc1ccccc1)C(=O)OCc1ccccc1. The molecule has 0 fully saturated rings. The highest BCUT2D eigenvalue weighted by Crippen LogP contribution is 2.11. The minimum Gasteiger partial charge on any atom is -0.460 e. The zero-order valence-corrected chi connectivity index (χ0v) is 13.6. The van der Waals surface area contributed by atoms with E-state index in [1.54, 1.807) is 13.0 Å². The lowest BCUT2D eigenvalue weighted by molar-refractivity contribution is -0.161. The lowest BCUT2D eigenvalue weighted by Gasteiger charge is -2.12. The lowest BCUT2D eigenvalue weighted by atomic mass is 10.1. The van der Waals surface area contributed by atoms with E-state index in [1.807, 2.05) is 60.7 Å². The fourth-order valence-corrected chi connectivity index (χ4v) is 2.08. The third-order valence-corrected chi connectivity index (χ3v) is 3.34. The molecule has 0 spiro atoms. The zero-order chi connectivity index (χ0) is 17.2. The van der Waals surface area contributed by atoms with Gasteiger partial charge in [-0.3, -0.25) is 9.59 Å². The third kappa shape index (κ3) is 5.39. The van der Waals surface area contributed by atoms with Gasteiger partial charge in [0.2, 0.25) is 0 Å². The highest BCUT2D eigenvalue weighted by molar-refractivity contribution is 5.96. The Morgan fingerprint density at radius 2 is 1.25 bits per heavy atom. The van der Waals surface area contributed by atoms with E-state index in [2.05, 4.69) is 0 Å². The van der Waals surface area contributed by atoms with Crippen LogP contribution in [-0.4, -0.2) is 11.9 Å². The van der Waals surface area contributed by atoms with Crippen LogP contribution in [0.3, 0.4) is 0 Å². The summed E-state index contributed by atoms with van der Waals surface area (Å²) < 4.78 is 10.4. The molecule has 0 heterocycles. The minimum absolute atomic E-state index is 0.125. The second-order valence-corrected chi connectivity index (χ2v) is 5.19. The van der Waals surface area contributed by atoms with E-state index in [9.17, 15) is 9.59 Å². The molecule has 0 saturated carbocycles. The number of hydrogen-bond acceptors (Lipinski definition) is 4. The Kier molecular flexibility index (Phi) is 6.77. The smallest absolute Gasteiger partial charge is 0.324 e. The van der Waals surface area contributed by atoms with Gasteiger partial charge in [-0.05, 0) is 18.1 Å². The van der Waals surface area contributed by atoms with Crippen molar-refractivity contribution < 1.29 is 19.1 Å².